The van der Waals surface area contributed by atoms with Crippen molar-refractivity contribution < 1.29 is 0 Å². The number of para-hydroxylation sites is 1. The fraction of sp³-hybridized carbons (Fsp3) is 0.0182. The molecule has 0 unspecified atom stereocenters. The predicted octanol–water partition coefficient (Wildman–Crippen LogP) is 13.8. The van der Waals surface area contributed by atoms with Crippen LogP contribution in [0.4, 0.5) is 0 Å². The molecule has 2 heterocycles. The first kappa shape index (κ1) is 31.9. The molecular formula is C55H34N2. The van der Waals surface area contributed by atoms with Crippen molar-refractivity contribution in [2.24, 2.45) is 0 Å². The first-order valence-electron chi connectivity index (χ1n) is 19.6. The van der Waals surface area contributed by atoms with Gasteiger partial charge in [-0.05, 0) is 125 Å². The van der Waals surface area contributed by atoms with Gasteiger partial charge in [0.1, 0.15) is 0 Å². The Hall–Kier alpha value is -7.42. The zero-order valence-electron chi connectivity index (χ0n) is 31.0. The molecule has 0 amide bonds. The van der Waals surface area contributed by atoms with E-state index in [-0.39, 0.29) is 5.41 Å². The van der Waals surface area contributed by atoms with Gasteiger partial charge in [0.15, 0.2) is 0 Å². The van der Waals surface area contributed by atoms with Crippen molar-refractivity contribution >= 4 is 21.7 Å². The molecule has 0 fully saturated rings. The lowest BCUT2D eigenvalue weighted by Crippen LogP contribution is -2.25. The van der Waals surface area contributed by atoms with E-state index in [0.717, 1.165) is 33.4 Å². The van der Waals surface area contributed by atoms with Gasteiger partial charge < -0.3 is 0 Å². The van der Waals surface area contributed by atoms with Crippen molar-refractivity contribution in [2.75, 3.05) is 0 Å². The maximum atomic E-state index is 4.95. The zero-order chi connectivity index (χ0) is 37.5. The Morgan fingerprint density at radius 3 is 1.63 bits per heavy atom. The summed E-state index contributed by atoms with van der Waals surface area (Å²) in [4.78, 5) is 9.53. The Morgan fingerprint density at radius 1 is 0.333 bits per heavy atom. The molecule has 2 heteroatoms. The molecule has 8 aromatic carbocycles. The van der Waals surface area contributed by atoms with Crippen molar-refractivity contribution in [1.29, 1.82) is 0 Å². The third-order valence-corrected chi connectivity index (χ3v) is 12.3. The number of benzene rings is 8. The molecule has 0 saturated carbocycles. The first-order chi connectivity index (χ1) is 28.3. The summed E-state index contributed by atoms with van der Waals surface area (Å²) in [6.07, 6.45) is 1.82. The number of hydrogen-bond acceptors (Lipinski definition) is 2. The van der Waals surface area contributed by atoms with E-state index in [1.807, 2.05) is 30.5 Å². The van der Waals surface area contributed by atoms with Crippen LogP contribution in [0.15, 0.2) is 206 Å². The molecule has 57 heavy (non-hydrogen) atoms. The predicted molar refractivity (Wildman–Crippen MR) is 235 cm³/mol. The Morgan fingerprint density at radius 2 is 0.895 bits per heavy atom. The van der Waals surface area contributed by atoms with Crippen LogP contribution in [0.1, 0.15) is 22.3 Å². The van der Waals surface area contributed by atoms with Crippen LogP contribution in [0.2, 0.25) is 0 Å². The van der Waals surface area contributed by atoms with Crippen LogP contribution in [0.25, 0.3) is 88.7 Å². The highest BCUT2D eigenvalue weighted by Gasteiger charge is 2.51. The highest BCUT2D eigenvalue weighted by atomic mass is 14.8. The second-order valence-corrected chi connectivity index (χ2v) is 15.3. The van der Waals surface area contributed by atoms with E-state index in [4.69, 9.17) is 4.98 Å². The van der Waals surface area contributed by atoms with Crippen LogP contribution in [0, 0.1) is 0 Å². The van der Waals surface area contributed by atoms with Gasteiger partial charge in [-0.15, -0.1) is 0 Å². The molecule has 2 aliphatic carbocycles. The summed E-state index contributed by atoms with van der Waals surface area (Å²) in [6.45, 7) is 0. The number of pyridine rings is 2. The highest BCUT2D eigenvalue weighted by Crippen LogP contribution is 2.63. The van der Waals surface area contributed by atoms with Gasteiger partial charge in [0.25, 0.3) is 0 Å². The second kappa shape index (κ2) is 12.3. The van der Waals surface area contributed by atoms with Crippen molar-refractivity contribution in [3.8, 4) is 67.0 Å². The third kappa shape index (κ3) is 4.65. The minimum atomic E-state index is -0.345. The van der Waals surface area contributed by atoms with Crippen LogP contribution >= 0.6 is 0 Å². The number of fused-ring (bicyclic) bond motifs is 12. The molecule has 0 saturated heterocycles. The lowest BCUT2D eigenvalue weighted by atomic mass is 9.70. The quantitative estimate of drug-likeness (QED) is 0.181. The van der Waals surface area contributed by atoms with E-state index < -0.39 is 0 Å². The summed E-state index contributed by atoms with van der Waals surface area (Å²) in [5.41, 5.74) is 20.4. The molecule has 2 aromatic heterocycles. The average Bonchev–Trinajstić information content (AvgIpc) is 3.76. The summed E-state index contributed by atoms with van der Waals surface area (Å²) < 4.78 is 0. The molecular weight excluding hydrogens is 689 g/mol. The lowest BCUT2D eigenvalue weighted by molar-refractivity contribution is 0.794. The van der Waals surface area contributed by atoms with Crippen molar-refractivity contribution in [3.63, 3.8) is 0 Å². The molecule has 2 aliphatic rings. The number of rotatable bonds is 4. The second-order valence-electron chi connectivity index (χ2n) is 15.3. The van der Waals surface area contributed by atoms with Gasteiger partial charge in [-0.3, -0.25) is 4.98 Å². The van der Waals surface area contributed by atoms with Crippen LogP contribution in [-0.4, -0.2) is 9.97 Å². The molecule has 0 bridgehead atoms. The van der Waals surface area contributed by atoms with Crippen LogP contribution in [-0.2, 0) is 5.41 Å². The topological polar surface area (TPSA) is 25.8 Å². The standard InChI is InChI=1S/C55H34N2/c1-5-17-47-42(12-1)43-13-2-6-18-48(43)55(47)49-19-7-3-15-45(49)54-41(16-11-20-50(54)55)40-30-29-38-32-37(27-28-39(38)33-40)35-23-25-36(26-24-35)46-34-53(52-22-9-10-31-56-52)57-51-21-8-4-14-44(46)51/h1-34H. The normalized spacial score (nSPS) is 13.1. The largest absolute Gasteiger partial charge is 0.255 e. The van der Waals surface area contributed by atoms with Crippen molar-refractivity contribution in [2.45, 2.75) is 5.41 Å². The summed E-state index contributed by atoms with van der Waals surface area (Å²) in [5, 5.41) is 3.59. The molecule has 1 spiro atoms. The fourth-order valence-corrected chi connectivity index (χ4v) is 9.88. The van der Waals surface area contributed by atoms with Gasteiger partial charge in [0.2, 0.25) is 0 Å². The summed E-state index contributed by atoms with van der Waals surface area (Å²) in [7, 11) is 0. The fourth-order valence-electron chi connectivity index (χ4n) is 9.88. The van der Waals surface area contributed by atoms with Crippen LogP contribution in [0.3, 0.4) is 0 Å². The minimum Gasteiger partial charge on any atom is -0.255 e. The van der Waals surface area contributed by atoms with Crippen molar-refractivity contribution in [1.82, 2.24) is 9.97 Å². The zero-order valence-corrected chi connectivity index (χ0v) is 31.0. The third-order valence-electron chi connectivity index (χ3n) is 12.3. The Kier molecular flexibility index (Phi) is 6.88. The van der Waals surface area contributed by atoms with E-state index in [9.17, 15) is 0 Å². The Balaban J connectivity index is 0.930. The lowest BCUT2D eigenvalue weighted by Gasteiger charge is -2.30. The van der Waals surface area contributed by atoms with E-state index in [0.29, 0.717) is 0 Å². The SMILES string of the molecule is c1ccc(-c2cc(-c3ccc(-c4ccc5cc(-c6cccc7c6-c6ccccc6C76c7ccccc7-c7ccccc76)ccc5c4)cc3)c3ccccc3n2)nc1. The highest BCUT2D eigenvalue weighted by molar-refractivity contribution is 6.02. The van der Waals surface area contributed by atoms with Gasteiger partial charge in [0.05, 0.1) is 22.3 Å². The van der Waals surface area contributed by atoms with E-state index >= 15 is 0 Å². The monoisotopic (exact) mass is 722 g/mol. The summed E-state index contributed by atoms with van der Waals surface area (Å²) in [5.74, 6) is 0. The Bertz CT molecular complexity index is 3190. The smallest absolute Gasteiger partial charge is 0.0900 e. The molecule has 0 atom stereocenters. The molecule has 264 valence electrons. The van der Waals surface area contributed by atoms with E-state index in [1.165, 1.54) is 77.5 Å². The van der Waals surface area contributed by atoms with E-state index in [1.54, 1.807) is 0 Å². The van der Waals surface area contributed by atoms with Crippen molar-refractivity contribution in [3.05, 3.63) is 229 Å². The van der Waals surface area contributed by atoms with E-state index in [2.05, 4.69) is 181 Å². The first-order valence-corrected chi connectivity index (χ1v) is 19.6. The minimum absolute atomic E-state index is 0.345. The molecule has 0 N–H and O–H groups in total. The summed E-state index contributed by atoms with van der Waals surface area (Å²) in [6, 6.07) is 73.3. The van der Waals surface area contributed by atoms with Gasteiger partial charge in [0, 0.05) is 11.6 Å². The van der Waals surface area contributed by atoms with Crippen LogP contribution < -0.4 is 0 Å². The summed E-state index contributed by atoms with van der Waals surface area (Å²) >= 11 is 0. The molecule has 0 aliphatic heterocycles. The average molecular weight is 723 g/mol. The number of hydrogen-bond donors (Lipinski definition) is 0. The Labute approximate surface area is 331 Å². The number of aromatic nitrogens is 2. The van der Waals surface area contributed by atoms with Gasteiger partial charge in [-0.2, -0.15) is 0 Å². The number of nitrogens with zero attached hydrogens (tertiary/aromatic N) is 2. The van der Waals surface area contributed by atoms with Crippen LogP contribution in [0.5, 0.6) is 0 Å². The molecule has 12 rings (SSSR count). The maximum Gasteiger partial charge on any atom is 0.0900 e. The molecule has 10 aromatic rings. The maximum absolute atomic E-state index is 4.95. The van der Waals surface area contributed by atoms with Gasteiger partial charge >= 0.3 is 0 Å². The molecule has 2 nitrogen and oxygen atoms in total. The molecule has 0 radical (unpaired) electrons. The van der Waals surface area contributed by atoms with Gasteiger partial charge in [-0.25, -0.2) is 4.98 Å². The van der Waals surface area contributed by atoms with Gasteiger partial charge in [-0.1, -0.05) is 164 Å².